The molecule has 2 heterocycles. The Morgan fingerprint density at radius 1 is 1.38 bits per heavy atom. The van der Waals surface area contributed by atoms with Gasteiger partial charge in [-0.1, -0.05) is 37.3 Å². The number of benzene rings is 1. The van der Waals surface area contributed by atoms with Gasteiger partial charge in [-0.05, 0) is 25.2 Å². The standard InChI is InChI=1S/C19H24N2O2S/c1-2-16-10-14(8-9-23-16)11-18(22)20-12-19-21-17(13-24-19)15-6-4-3-5-7-15/h3-7,13-14,16H,2,8-12H2,1H3,(H,20,22)/t14-,16-/m0/s1. The molecule has 0 aliphatic carbocycles. The summed E-state index contributed by atoms with van der Waals surface area (Å²) in [6.45, 7) is 3.43. The molecule has 1 aliphatic heterocycles. The van der Waals surface area contributed by atoms with Gasteiger partial charge < -0.3 is 10.1 Å². The van der Waals surface area contributed by atoms with Gasteiger partial charge in [0.1, 0.15) is 5.01 Å². The second kappa shape index (κ2) is 8.40. The van der Waals surface area contributed by atoms with E-state index in [0.29, 0.717) is 25.0 Å². The van der Waals surface area contributed by atoms with Gasteiger partial charge in [0, 0.05) is 24.0 Å². The lowest BCUT2D eigenvalue weighted by atomic mass is 9.91. The van der Waals surface area contributed by atoms with Crippen molar-refractivity contribution in [3.63, 3.8) is 0 Å². The first kappa shape index (κ1) is 17.1. The van der Waals surface area contributed by atoms with E-state index < -0.39 is 0 Å². The maximum Gasteiger partial charge on any atom is 0.220 e. The average Bonchev–Trinajstić information content (AvgIpc) is 3.10. The van der Waals surface area contributed by atoms with Gasteiger partial charge in [0.2, 0.25) is 5.91 Å². The van der Waals surface area contributed by atoms with E-state index in [0.717, 1.165) is 42.1 Å². The number of nitrogens with one attached hydrogen (secondary N) is 1. The summed E-state index contributed by atoms with van der Waals surface area (Å²) in [6, 6.07) is 10.1. The van der Waals surface area contributed by atoms with Crippen LogP contribution in [0.4, 0.5) is 0 Å². The van der Waals surface area contributed by atoms with Crippen LogP contribution in [0.15, 0.2) is 35.7 Å². The van der Waals surface area contributed by atoms with Crippen LogP contribution in [0.2, 0.25) is 0 Å². The van der Waals surface area contributed by atoms with E-state index in [2.05, 4.69) is 17.2 Å². The molecule has 2 aromatic rings. The average molecular weight is 344 g/mol. The Labute approximate surface area is 147 Å². The van der Waals surface area contributed by atoms with Gasteiger partial charge in [-0.25, -0.2) is 4.98 Å². The highest BCUT2D eigenvalue weighted by molar-refractivity contribution is 7.09. The quantitative estimate of drug-likeness (QED) is 0.861. The summed E-state index contributed by atoms with van der Waals surface area (Å²) in [5.41, 5.74) is 2.08. The Kier molecular flexibility index (Phi) is 5.99. The van der Waals surface area contributed by atoms with Gasteiger partial charge >= 0.3 is 0 Å². The summed E-state index contributed by atoms with van der Waals surface area (Å²) in [7, 11) is 0. The van der Waals surface area contributed by atoms with Crippen LogP contribution in [0.25, 0.3) is 11.3 Å². The minimum absolute atomic E-state index is 0.119. The van der Waals surface area contributed by atoms with Crippen molar-refractivity contribution in [2.24, 2.45) is 5.92 Å². The first-order valence-corrected chi connectivity index (χ1v) is 9.50. The number of nitrogens with zero attached hydrogens (tertiary/aromatic N) is 1. The van der Waals surface area contributed by atoms with Crippen LogP contribution in [0.3, 0.4) is 0 Å². The molecule has 1 fully saturated rings. The lowest BCUT2D eigenvalue weighted by molar-refractivity contribution is -0.123. The Bertz CT molecular complexity index is 656. The molecule has 1 saturated heterocycles. The van der Waals surface area contributed by atoms with Crippen molar-refractivity contribution in [2.45, 2.75) is 45.3 Å². The lowest BCUT2D eigenvalue weighted by Gasteiger charge is -2.28. The van der Waals surface area contributed by atoms with E-state index in [1.54, 1.807) is 11.3 Å². The Morgan fingerprint density at radius 3 is 3.00 bits per heavy atom. The molecular formula is C19H24N2O2S. The zero-order valence-corrected chi connectivity index (χ0v) is 14.8. The number of aromatic nitrogens is 1. The maximum absolute atomic E-state index is 12.2. The minimum Gasteiger partial charge on any atom is -0.378 e. The van der Waals surface area contributed by atoms with Crippen LogP contribution < -0.4 is 5.32 Å². The summed E-state index contributed by atoms with van der Waals surface area (Å²) in [4.78, 5) is 16.8. The van der Waals surface area contributed by atoms with Crippen molar-refractivity contribution in [3.8, 4) is 11.3 Å². The molecule has 1 aliphatic rings. The van der Waals surface area contributed by atoms with Crippen LogP contribution >= 0.6 is 11.3 Å². The van der Waals surface area contributed by atoms with Crippen LogP contribution in [0, 0.1) is 5.92 Å². The van der Waals surface area contributed by atoms with Crippen molar-refractivity contribution >= 4 is 17.2 Å². The lowest BCUT2D eigenvalue weighted by Crippen LogP contribution is -2.30. The van der Waals surface area contributed by atoms with E-state index in [1.807, 2.05) is 35.7 Å². The SMILES string of the molecule is CC[C@H]1C[C@@H](CC(=O)NCc2nc(-c3ccccc3)cs2)CCO1. The number of hydrogen-bond acceptors (Lipinski definition) is 4. The zero-order valence-electron chi connectivity index (χ0n) is 14.0. The van der Waals surface area contributed by atoms with Gasteiger partial charge in [0.25, 0.3) is 0 Å². The molecule has 1 aromatic carbocycles. The molecule has 2 atom stereocenters. The molecular weight excluding hydrogens is 320 g/mol. The van der Waals surface area contributed by atoms with E-state index in [1.165, 1.54) is 0 Å². The van der Waals surface area contributed by atoms with Gasteiger partial charge in [0.05, 0.1) is 18.3 Å². The molecule has 4 nitrogen and oxygen atoms in total. The molecule has 1 aromatic heterocycles. The minimum atomic E-state index is 0.119. The van der Waals surface area contributed by atoms with E-state index in [-0.39, 0.29) is 5.91 Å². The number of carbonyl (C=O) groups excluding carboxylic acids is 1. The van der Waals surface area contributed by atoms with E-state index in [4.69, 9.17) is 4.74 Å². The number of rotatable bonds is 6. The van der Waals surface area contributed by atoms with Gasteiger partial charge in [-0.2, -0.15) is 0 Å². The third-order valence-corrected chi connectivity index (χ3v) is 5.31. The third kappa shape index (κ3) is 4.65. The molecule has 5 heteroatoms. The van der Waals surface area contributed by atoms with Crippen LogP contribution in [-0.2, 0) is 16.1 Å². The second-order valence-electron chi connectivity index (χ2n) is 6.26. The predicted octanol–water partition coefficient (Wildman–Crippen LogP) is 4.02. The van der Waals surface area contributed by atoms with Crippen molar-refractivity contribution in [1.29, 1.82) is 0 Å². The highest BCUT2D eigenvalue weighted by atomic mass is 32.1. The molecule has 24 heavy (non-hydrogen) atoms. The largest absolute Gasteiger partial charge is 0.378 e. The van der Waals surface area contributed by atoms with Gasteiger partial charge in [0.15, 0.2) is 0 Å². The second-order valence-corrected chi connectivity index (χ2v) is 7.21. The molecule has 3 rings (SSSR count). The van der Waals surface area contributed by atoms with Crippen LogP contribution in [0.1, 0.15) is 37.6 Å². The Hall–Kier alpha value is -1.72. The molecule has 1 N–H and O–H groups in total. The van der Waals surface area contributed by atoms with Crippen molar-refractivity contribution < 1.29 is 9.53 Å². The summed E-state index contributed by atoms with van der Waals surface area (Å²) in [5, 5.41) is 6.00. The maximum atomic E-state index is 12.2. The monoisotopic (exact) mass is 344 g/mol. The number of amides is 1. The Morgan fingerprint density at radius 2 is 2.21 bits per heavy atom. The number of carbonyl (C=O) groups is 1. The first-order valence-electron chi connectivity index (χ1n) is 8.62. The number of ether oxygens (including phenoxy) is 1. The fraction of sp³-hybridized carbons (Fsp3) is 0.474. The first-order chi connectivity index (χ1) is 11.7. The molecule has 0 bridgehead atoms. The van der Waals surface area contributed by atoms with Gasteiger partial charge in [-0.15, -0.1) is 11.3 Å². The fourth-order valence-corrected chi connectivity index (χ4v) is 3.81. The van der Waals surface area contributed by atoms with Crippen molar-refractivity contribution in [3.05, 3.63) is 40.7 Å². The third-order valence-electron chi connectivity index (χ3n) is 4.46. The van der Waals surface area contributed by atoms with Crippen molar-refractivity contribution in [1.82, 2.24) is 10.3 Å². The number of hydrogen-bond donors (Lipinski definition) is 1. The highest BCUT2D eigenvalue weighted by Crippen LogP contribution is 2.25. The van der Waals surface area contributed by atoms with Crippen LogP contribution in [-0.4, -0.2) is 23.6 Å². The summed E-state index contributed by atoms with van der Waals surface area (Å²) >= 11 is 1.59. The van der Waals surface area contributed by atoms with E-state index >= 15 is 0 Å². The topological polar surface area (TPSA) is 51.2 Å². The molecule has 128 valence electrons. The zero-order chi connectivity index (χ0) is 16.8. The summed E-state index contributed by atoms with van der Waals surface area (Å²) < 4.78 is 5.67. The smallest absolute Gasteiger partial charge is 0.220 e. The molecule has 0 unspecified atom stereocenters. The highest BCUT2D eigenvalue weighted by Gasteiger charge is 2.23. The summed E-state index contributed by atoms with van der Waals surface area (Å²) in [5.74, 6) is 0.563. The Balaban J connectivity index is 1.47. The molecule has 0 saturated carbocycles. The van der Waals surface area contributed by atoms with Crippen LogP contribution in [0.5, 0.6) is 0 Å². The fourth-order valence-electron chi connectivity index (χ4n) is 3.07. The van der Waals surface area contributed by atoms with Gasteiger partial charge in [-0.3, -0.25) is 4.79 Å². The van der Waals surface area contributed by atoms with Crippen molar-refractivity contribution in [2.75, 3.05) is 6.61 Å². The van der Waals surface area contributed by atoms with E-state index in [9.17, 15) is 4.79 Å². The summed E-state index contributed by atoms with van der Waals surface area (Å²) in [6.07, 6.45) is 3.93. The predicted molar refractivity (Wildman–Crippen MR) is 96.8 cm³/mol. The normalized spacial score (nSPS) is 20.7. The number of thiazole rings is 1. The molecule has 0 spiro atoms. The molecule has 0 radical (unpaired) electrons. The molecule has 1 amide bonds.